The van der Waals surface area contributed by atoms with Crippen LogP contribution < -0.4 is 16.0 Å². The van der Waals surface area contributed by atoms with E-state index in [0.29, 0.717) is 17.1 Å². The van der Waals surface area contributed by atoms with Crippen molar-refractivity contribution in [2.75, 3.05) is 29.0 Å². The number of anilines is 4. The molecular formula is C18H23N5O. The predicted molar refractivity (Wildman–Crippen MR) is 96.8 cm³/mol. The molecule has 1 saturated heterocycles. The van der Waals surface area contributed by atoms with Gasteiger partial charge in [-0.25, -0.2) is 9.97 Å². The Morgan fingerprint density at radius 3 is 2.50 bits per heavy atom. The summed E-state index contributed by atoms with van der Waals surface area (Å²) in [5.41, 5.74) is 8.37. The Bertz CT molecular complexity index is 721. The van der Waals surface area contributed by atoms with Crippen molar-refractivity contribution in [3.8, 4) is 0 Å². The molecule has 1 aliphatic heterocycles. The molecule has 0 bridgehead atoms. The zero-order valence-electron chi connectivity index (χ0n) is 14.1. The second-order valence-corrected chi connectivity index (χ2v) is 6.39. The highest BCUT2D eigenvalue weighted by Gasteiger charge is 2.20. The summed E-state index contributed by atoms with van der Waals surface area (Å²) in [6.45, 7) is 5.76. The summed E-state index contributed by atoms with van der Waals surface area (Å²) in [6, 6.07) is 7.27. The molecule has 1 aliphatic rings. The number of Topliss-reactive ketones (excluding diaryl/α,β-unsaturated/α-hetero) is 1. The van der Waals surface area contributed by atoms with Gasteiger partial charge >= 0.3 is 0 Å². The smallest absolute Gasteiger partial charge is 0.159 e. The average molecular weight is 325 g/mol. The van der Waals surface area contributed by atoms with E-state index in [9.17, 15) is 4.79 Å². The molecular weight excluding hydrogens is 302 g/mol. The van der Waals surface area contributed by atoms with E-state index in [1.165, 1.54) is 6.33 Å². The zero-order chi connectivity index (χ0) is 17.1. The number of rotatable bonds is 4. The number of hydrogen-bond donors (Lipinski definition) is 2. The van der Waals surface area contributed by atoms with Crippen LogP contribution in [0, 0.1) is 5.92 Å². The van der Waals surface area contributed by atoms with E-state index in [2.05, 4.69) is 27.1 Å². The number of nitrogens with one attached hydrogen (secondary N) is 1. The molecule has 1 aromatic heterocycles. The van der Waals surface area contributed by atoms with E-state index in [1.807, 2.05) is 12.1 Å². The molecule has 0 aliphatic carbocycles. The van der Waals surface area contributed by atoms with Gasteiger partial charge in [0.15, 0.2) is 17.4 Å². The highest BCUT2D eigenvalue weighted by molar-refractivity contribution is 5.94. The van der Waals surface area contributed by atoms with Gasteiger partial charge in [0.2, 0.25) is 0 Å². The van der Waals surface area contributed by atoms with Gasteiger partial charge in [-0.05, 0) is 49.9 Å². The van der Waals surface area contributed by atoms with Gasteiger partial charge in [0.1, 0.15) is 12.0 Å². The fourth-order valence-corrected chi connectivity index (χ4v) is 2.88. The van der Waals surface area contributed by atoms with Crippen molar-refractivity contribution in [2.24, 2.45) is 5.92 Å². The number of nitrogen functional groups attached to an aromatic ring is 1. The lowest BCUT2D eigenvalue weighted by atomic mass is 9.99. The van der Waals surface area contributed by atoms with Gasteiger partial charge in [0.05, 0.1) is 0 Å². The largest absolute Gasteiger partial charge is 0.393 e. The molecule has 3 N–H and O–H groups in total. The van der Waals surface area contributed by atoms with Crippen molar-refractivity contribution in [3.63, 3.8) is 0 Å². The molecule has 0 spiro atoms. The molecule has 2 heterocycles. The SMILES string of the molecule is CC(=O)c1ccc(Nc2ncnc(N3CCC(C)CC3)c2N)cc1. The van der Waals surface area contributed by atoms with Crippen molar-refractivity contribution in [3.05, 3.63) is 36.2 Å². The lowest BCUT2D eigenvalue weighted by Crippen LogP contribution is -2.34. The van der Waals surface area contributed by atoms with Crippen LogP contribution in [0.1, 0.15) is 37.0 Å². The van der Waals surface area contributed by atoms with Gasteiger partial charge in [-0.15, -0.1) is 0 Å². The first-order valence-corrected chi connectivity index (χ1v) is 8.28. The van der Waals surface area contributed by atoms with Crippen molar-refractivity contribution >= 4 is 28.8 Å². The quantitative estimate of drug-likeness (QED) is 0.840. The number of benzene rings is 1. The molecule has 126 valence electrons. The summed E-state index contributed by atoms with van der Waals surface area (Å²) in [5.74, 6) is 2.18. The van der Waals surface area contributed by atoms with Crippen LogP contribution in [-0.4, -0.2) is 28.8 Å². The van der Waals surface area contributed by atoms with Crippen LogP contribution in [0.15, 0.2) is 30.6 Å². The molecule has 0 atom stereocenters. The molecule has 6 nitrogen and oxygen atoms in total. The minimum Gasteiger partial charge on any atom is -0.393 e. The first-order chi connectivity index (χ1) is 11.5. The maximum Gasteiger partial charge on any atom is 0.159 e. The molecule has 0 unspecified atom stereocenters. The topological polar surface area (TPSA) is 84.1 Å². The first-order valence-electron chi connectivity index (χ1n) is 8.28. The minimum absolute atomic E-state index is 0.0460. The standard InChI is InChI=1S/C18H23N5O/c1-12-7-9-23(10-8-12)18-16(19)17(20-11-21-18)22-15-5-3-14(4-6-15)13(2)24/h3-6,11-12H,7-10,19H2,1-2H3,(H,20,21,22). The number of ketones is 1. The van der Waals surface area contributed by atoms with Crippen LogP contribution in [0.3, 0.4) is 0 Å². The third kappa shape index (κ3) is 3.48. The van der Waals surface area contributed by atoms with Gasteiger partial charge in [-0.1, -0.05) is 6.92 Å². The van der Waals surface area contributed by atoms with Gasteiger partial charge in [-0.2, -0.15) is 0 Å². The predicted octanol–water partition coefficient (Wildman–Crippen LogP) is 3.24. The number of carbonyl (C=O) groups is 1. The van der Waals surface area contributed by atoms with E-state index in [4.69, 9.17) is 5.73 Å². The molecule has 3 rings (SSSR count). The summed E-state index contributed by atoms with van der Waals surface area (Å²) in [7, 11) is 0. The number of piperidine rings is 1. The van der Waals surface area contributed by atoms with Crippen molar-refractivity contribution in [1.29, 1.82) is 0 Å². The molecule has 6 heteroatoms. The zero-order valence-corrected chi connectivity index (χ0v) is 14.1. The Morgan fingerprint density at radius 1 is 1.21 bits per heavy atom. The minimum atomic E-state index is 0.0460. The van der Waals surface area contributed by atoms with Crippen LogP contribution in [0.2, 0.25) is 0 Å². The lowest BCUT2D eigenvalue weighted by molar-refractivity contribution is 0.101. The van der Waals surface area contributed by atoms with Crippen LogP contribution in [0.5, 0.6) is 0 Å². The number of nitrogens with two attached hydrogens (primary N) is 1. The van der Waals surface area contributed by atoms with E-state index >= 15 is 0 Å². The van der Waals surface area contributed by atoms with Gasteiger partial charge in [0, 0.05) is 24.3 Å². The second-order valence-electron chi connectivity index (χ2n) is 6.39. The molecule has 0 radical (unpaired) electrons. The second kappa shape index (κ2) is 6.86. The molecule has 0 amide bonds. The van der Waals surface area contributed by atoms with Crippen molar-refractivity contribution in [1.82, 2.24) is 9.97 Å². The third-order valence-corrected chi connectivity index (χ3v) is 4.50. The van der Waals surface area contributed by atoms with E-state index < -0.39 is 0 Å². The Kier molecular flexibility index (Phi) is 4.64. The monoisotopic (exact) mass is 325 g/mol. The number of carbonyl (C=O) groups excluding carboxylic acids is 1. The summed E-state index contributed by atoms with van der Waals surface area (Å²) in [6.07, 6.45) is 3.84. The first kappa shape index (κ1) is 16.2. The van der Waals surface area contributed by atoms with E-state index in [-0.39, 0.29) is 5.78 Å². The number of aromatic nitrogens is 2. The third-order valence-electron chi connectivity index (χ3n) is 4.50. The summed E-state index contributed by atoms with van der Waals surface area (Å²) < 4.78 is 0. The van der Waals surface area contributed by atoms with Crippen LogP contribution in [0.25, 0.3) is 0 Å². The Hall–Kier alpha value is -2.63. The maximum absolute atomic E-state index is 11.3. The molecule has 0 saturated carbocycles. The molecule has 1 aromatic carbocycles. The highest BCUT2D eigenvalue weighted by Crippen LogP contribution is 2.31. The molecule has 24 heavy (non-hydrogen) atoms. The lowest BCUT2D eigenvalue weighted by Gasteiger charge is -2.32. The van der Waals surface area contributed by atoms with Crippen LogP contribution in [-0.2, 0) is 0 Å². The summed E-state index contributed by atoms with van der Waals surface area (Å²) in [5, 5.41) is 3.21. The maximum atomic E-state index is 11.3. The Morgan fingerprint density at radius 2 is 1.88 bits per heavy atom. The van der Waals surface area contributed by atoms with Crippen LogP contribution >= 0.6 is 0 Å². The molecule has 1 fully saturated rings. The summed E-state index contributed by atoms with van der Waals surface area (Å²) in [4.78, 5) is 22.2. The van der Waals surface area contributed by atoms with Crippen molar-refractivity contribution < 1.29 is 4.79 Å². The average Bonchev–Trinajstić information content (AvgIpc) is 2.58. The van der Waals surface area contributed by atoms with Gasteiger partial charge in [0.25, 0.3) is 0 Å². The number of nitrogens with zero attached hydrogens (tertiary/aromatic N) is 3. The molecule has 2 aromatic rings. The van der Waals surface area contributed by atoms with Gasteiger partial charge < -0.3 is 16.0 Å². The Labute approximate surface area is 142 Å². The summed E-state index contributed by atoms with van der Waals surface area (Å²) >= 11 is 0. The van der Waals surface area contributed by atoms with Crippen LogP contribution in [0.4, 0.5) is 23.0 Å². The highest BCUT2D eigenvalue weighted by atomic mass is 16.1. The van der Waals surface area contributed by atoms with Gasteiger partial charge in [-0.3, -0.25) is 4.79 Å². The van der Waals surface area contributed by atoms with E-state index in [0.717, 1.165) is 43.4 Å². The fourth-order valence-electron chi connectivity index (χ4n) is 2.88. The van der Waals surface area contributed by atoms with Crippen molar-refractivity contribution in [2.45, 2.75) is 26.7 Å². The van der Waals surface area contributed by atoms with E-state index in [1.54, 1.807) is 19.1 Å². The fraction of sp³-hybridized carbons (Fsp3) is 0.389. The normalized spacial score (nSPS) is 15.3. The number of hydrogen-bond acceptors (Lipinski definition) is 6. The Balaban J connectivity index is 1.79.